The lowest BCUT2D eigenvalue weighted by Crippen LogP contribution is -2.14. The van der Waals surface area contributed by atoms with Gasteiger partial charge in [0.15, 0.2) is 0 Å². The highest BCUT2D eigenvalue weighted by Crippen LogP contribution is 2.24. The predicted octanol–water partition coefficient (Wildman–Crippen LogP) is 2.78. The van der Waals surface area contributed by atoms with Crippen LogP contribution >= 0.6 is 0 Å². The molecule has 4 heteroatoms. The number of nitrogen functional groups attached to an aromatic ring is 1. The SMILES string of the molecule is CCCc1nc2cc(N)ccc2n1C(C)COC. The number of fused-ring (bicyclic) bond motifs is 1. The number of aromatic nitrogens is 2. The molecule has 18 heavy (non-hydrogen) atoms. The molecule has 0 bridgehead atoms. The highest BCUT2D eigenvalue weighted by atomic mass is 16.5. The van der Waals surface area contributed by atoms with E-state index in [0.29, 0.717) is 6.61 Å². The van der Waals surface area contributed by atoms with E-state index in [1.54, 1.807) is 7.11 Å². The van der Waals surface area contributed by atoms with Gasteiger partial charge in [0.1, 0.15) is 5.82 Å². The van der Waals surface area contributed by atoms with Crippen LogP contribution < -0.4 is 5.73 Å². The first-order chi connectivity index (χ1) is 8.67. The van der Waals surface area contributed by atoms with Crippen molar-refractivity contribution >= 4 is 16.7 Å². The third kappa shape index (κ3) is 2.34. The summed E-state index contributed by atoms with van der Waals surface area (Å²) in [6.45, 7) is 5.01. The van der Waals surface area contributed by atoms with E-state index < -0.39 is 0 Å². The highest BCUT2D eigenvalue weighted by Gasteiger charge is 2.15. The Morgan fingerprint density at radius 3 is 2.89 bits per heavy atom. The van der Waals surface area contributed by atoms with Crippen molar-refractivity contribution < 1.29 is 4.74 Å². The number of ether oxygens (including phenoxy) is 1. The van der Waals surface area contributed by atoms with E-state index in [4.69, 9.17) is 15.5 Å². The van der Waals surface area contributed by atoms with E-state index in [0.717, 1.165) is 35.4 Å². The molecule has 0 spiro atoms. The van der Waals surface area contributed by atoms with Crippen LogP contribution in [0.3, 0.4) is 0 Å². The fourth-order valence-corrected chi connectivity index (χ4v) is 2.37. The Balaban J connectivity index is 2.54. The maximum Gasteiger partial charge on any atom is 0.110 e. The first-order valence-corrected chi connectivity index (χ1v) is 6.42. The molecular formula is C14H21N3O. The number of rotatable bonds is 5. The van der Waals surface area contributed by atoms with Gasteiger partial charge in [-0.2, -0.15) is 0 Å². The fraction of sp³-hybridized carbons (Fsp3) is 0.500. The van der Waals surface area contributed by atoms with Gasteiger partial charge >= 0.3 is 0 Å². The van der Waals surface area contributed by atoms with Crippen molar-refractivity contribution in [2.45, 2.75) is 32.7 Å². The molecule has 1 aromatic carbocycles. The Kier molecular flexibility index (Phi) is 3.87. The number of methoxy groups -OCH3 is 1. The minimum atomic E-state index is 0.283. The highest BCUT2D eigenvalue weighted by molar-refractivity contribution is 5.79. The third-order valence-corrected chi connectivity index (χ3v) is 3.11. The van der Waals surface area contributed by atoms with Crippen molar-refractivity contribution in [3.8, 4) is 0 Å². The number of imidazole rings is 1. The van der Waals surface area contributed by atoms with Crippen LogP contribution in [-0.2, 0) is 11.2 Å². The lowest BCUT2D eigenvalue weighted by molar-refractivity contribution is 0.162. The van der Waals surface area contributed by atoms with Gasteiger partial charge in [-0.05, 0) is 31.5 Å². The summed E-state index contributed by atoms with van der Waals surface area (Å²) in [7, 11) is 1.73. The fourth-order valence-electron chi connectivity index (χ4n) is 2.37. The summed E-state index contributed by atoms with van der Waals surface area (Å²) in [5.41, 5.74) is 8.69. The molecule has 0 amide bonds. The number of nitrogens with zero attached hydrogens (tertiary/aromatic N) is 2. The molecule has 2 aromatic rings. The monoisotopic (exact) mass is 247 g/mol. The van der Waals surface area contributed by atoms with Crippen LogP contribution in [0.1, 0.15) is 32.1 Å². The van der Waals surface area contributed by atoms with E-state index in [9.17, 15) is 0 Å². The zero-order valence-electron chi connectivity index (χ0n) is 11.3. The number of nitrogens with two attached hydrogens (primary N) is 1. The van der Waals surface area contributed by atoms with Gasteiger partial charge in [-0.25, -0.2) is 4.98 Å². The summed E-state index contributed by atoms with van der Waals surface area (Å²) in [5, 5.41) is 0. The van der Waals surface area contributed by atoms with E-state index in [1.807, 2.05) is 18.2 Å². The zero-order valence-corrected chi connectivity index (χ0v) is 11.3. The van der Waals surface area contributed by atoms with Crippen molar-refractivity contribution in [2.75, 3.05) is 19.5 Å². The van der Waals surface area contributed by atoms with Crippen LogP contribution in [0.2, 0.25) is 0 Å². The van der Waals surface area contributed by atoms with Crippen LogP contribution in [0, 0.1) is 0 Å². The molecule has 0 aliphatic rings. The molecule has 98 valence electrons. The first-order valence-electron chi connectivity index (χ1n) is 6.42. The molecule has 0 radical (unpaired) electrons. The van der Waals surface area contributed by atoms with Gasteiger partial charge < -0.3 is 15.0 Å². The van der Waals surface area contributed by atoms with Crippen LogP contribution in [0.5, 0.6) is 0 Å². The van der Waals surface area contributed by atoms with Crippen LogP contribution in [0.25, 0.3) is 11.0 Å². The average molecular weight is 247 g/mol. The number of benzene rings is 1. The predicted molar refractivity (Wildman–Crippen MR) is 74.7 cm³/mol. The molecule has 0 saturated heterocycles. The summed E-state index contributed by atoms with van der Waals surface area (Å²) < 4.78 is 7.53. The second-order valence-corrected chi connectivity index (χ2v) is 4.70. The van der Waals surface area contributed by atoms with Gasteiger partial charge in [-0.3, -0.25) is 0 Å². The molecule has 0 aliphatic carbocycles. The molecule has 1 unspecified atom stereocenters. The molecule has 0 aliphatic heterocycles. The number of hydrogen-bond acceptors (Lipinski definition) is 3. The zero-order chi connectivity index (χ0) is 13.1. The summed E-state index contributed by atoms with van der Waals surface area (Å²) in [6, 6.07) is 6.19. The minimum Gasteiger partial charge on any atom is -0.399 e. The Labute approximate surface area is 108 Å². The van der Waals surface area contributed by atoms with Crippen molar-refractivity contribution in [1.29, 1.82) is 0 Å². The lowest BCUT2D eigenvalue weighted by Gasteiger charge is -2.16. The second kappa shape index (κ2) is 5.40. The standard InChI is InChI=1S/C14H21N3O/c1-4-5-14-16-12-8-11(15)6-7-13(12)17(14)10(2)9-18-3/h6-8,10H,4-5,9,15H2,1-3H3. The van der Waals surface area contributed by atoms with Gasteiger partial charge in [0.05, 0.1) is 23.7 Å². The molecule has 0 saturated carbocycles. The van der Waals surface area contributed by atoms with E-state index in [2.05, 4.69) is 18.4 Å². The third-order valence-electron chi connectivity index (χ3n) is 3.11. The van der Waals surface area contributed by atoms with Crippen molar-refractivity contribution in [3.05, 3.63) is 24.0 Å². The van der Waals surface area contributed by atoms with E-state index >= 15 is 0 Å². The van der Waals surface area contributed by atoms with E-state index in [1.165, 1.54) is 0 Å². The number of anilines is 1. The quantitative estimate of drug-likeness (QED) is 0.827. The Morgan fingerprint density at radius 1 is 1.44 bits per heavy atom. The Hall–Kier alpha value is -1.55. The molecule has 2 rings (SSSR count). The van der Waals surface area contributed by atoms with Crippen molar-refractivity contribution in [1.82, 2.24) is 9.55 Å². The Bertz CT molecular complexity index is 533. The second-order valence-electron chi connectivity index (χ2n) is 4.70. The van der Waals surface area contributed by atoms with Gasteiger partial charge in [-0.15, -0.1) is 0 Å². The smallest absolute Gasteiger partial charge is 0.110 e. The molecule has 2 N–H and O–H groups in total. The number of hydrogen-bond donors (Lipinski definition) is 1. The summed E-state index contributed by atoms with van der Waals surface area (Å²) in [5.74, 6) is 1.11. The largest absolute Gasteiger partial charge is 0.399 e. The average Bonchev–Trinajstić information content (AvgIpc) is 2.67. The molecule has 1 atom stereocenters. The first kappa shape index (κ1) is 12.9. The normalized spacial score (nSPS) is 13.1. The van der Waals surface area contributed by atoms with Crippen LogP contribution in [-0.4, -0.2) is 23.3 Å². The Morgan fingerprint density at radius 2 is 2.22 bits per heavy atom. The molecule has 1 aromatic heterocycles. The van der Waals surface area contributed by atoms with Gasteiger partial charge in [0.2, 0.25) is 0 Å². The van der Waals surface area contributed by atoms with Gasteiger partial charge in [0.25, 0.3) is 0 Å². The van der Waals surface area contributed by atoms with Crippen LogP contribution in [0.4, 0.5) is 5.69 Å². The molecule has 4 nitrogen and oxygen atoms in total. The summed E-state index contributed by atoms with van der Waals surface area (Å²) in [6.07, 6.45) is 2.06. The van der Waals surface area contributed by atoms with Gasteiger partial charge in [0, 0.05) is 19.2 Å². The summed E-state index contributed by atoms with van der Waals surface area (Å²) in [4.78, 5) is 4.69. The van der Waals surface area contributed by atoms with Crippen LogP contribution in [0.15, 0.2) is 18.2 Å². The minimum absolute atomic E-state index is 0.283. The van der Waals surface area contributed by atoms with Crippen molar-refractivity contribution in [2.24, 2.45) is 0 Å². The van der Waals surface area contributed by atoms with Gasteiger partial charge in [-0.1, -0.05) is 6.92 Å². The maximum atomic E-state index is 5.82. The van der Waals surface area contributed by atoms with E-state index in [-0.39, 0.29) is 6.04 Å². The lowest BCUT2D eigenvalue weighted by atomic mass is 10.2. The van der Waals surface area contributed by atoms with Crippen molar-refractivity contribution in [3.63, 3.8) is 0 Å². The molecule has 1 heterocycles. The maximum absolute atomic E-state index is 5.82. The summed E-state index contributed by atoms with van der Waals surface area (Å²) >= 11 is 0. The number of aryl methyl sites for hydroxylation is 1. The topological polar surface area (TPSA) is 53.1 Å². The molecule has 0 fully saturated rings. The molecular weight excluding hydrogens is 226 g/mol.